The minimum absolute atomic E-state index is 0.122. The first-order valence-electron chi connectivity index (χ1n) is 7.40. The Labute approximate surface area is 142 Å². The molecule has 25 heavy (non-hydrogen) atoms. The Balaban J connectivity index is 1.53. The van der Waals surface area contributed by atoms with Crippen molar-refractivity contribution in [1.82, 2.24) is 5.32 Å². The van der Waals surface area contributed by atoms with Crippen molar-refractivity contribution < 1.29 is 23.9 Å². The molecule has 0 atom stereocenters. The molecule has 1 aliphatic heterocycles. The van der Waals surface area contributed by atoms with Gasteiger partial charge in [0.15, 0.2) is 11.5 Å². The van der Waals surface area contributed by atoms with Crippen LogP contribution in [0.4, 0.5) is 5.69 Å². The molecule has 8 heteroatoms. The Kier molecular flexibility index (Phi) is 4.51. The van der Waals surface area contributed by atoms with E-state index in [0.717, 1.165) is 0 Å². The van der Waals surface area contributed by atoms with Gasteiger partial charge in [0, 0.05) is 16.8 Å². The molecular formula is C17H15N3O5. The molecule has 2 aromatic rings. The van der Waals surface area contributed by atoms with E-state index in [2.05, 4.69) is 10.6 Å². The third kappa shape index (κ3) is 3.86. The molecule has 0 aromatic heterocycles. The van der Waals surface area contributed by atoms with Gasteiger partial charge in [-0.3, -0.25) is 14.4 Å². The summed E-state index contributed by atoms with van der Waals surface area (Å²) in [6.07, 6.45) is 0. The summed E-state index contributed by atoms with van der Waals surface area (Å²) in [5, 5.41) is 5.12. The third-order valence-corrected chi connectivity index (χ3v) is 3.50. The topological polar surface area (TPSA) is 120 Å². The van der Waals surface area contributed by atoms with Gasteiger partial charge >= 0.3 is 0 Å². The second-order valence-corrected chi connectivity index (χ2v) is 5.24. The van der Waals surface area contributed by atoms with Crippen molar-refractivity contribution in [1.29, 1.82) is 0 Å². The van der Waals surface area contributed by atoms with Crippen LogP contribution in [0.3, 0.4) is 0 Å². The van der Waals surface area contributed by atoms with Gasteiger partial charge in [0.25, 0.3) is 5.91 Å². The summed E-state index contributed by atoms with van der Waals surface area (Å²) in [6.45, 7) is -0.0811. The maximum absolute atomic E-state index is 12.1. The minimum Gasteiger partial charge on any atom is -0.454 e. The van der Waals surface area contributed by atoms with E-state index in [1.54, 1.807) is 30.3 Å². The smallest absolute Gasteiger partial charge is 0.251 e. The number of primary amides is 1. The van der Waals surface area contributed by atoms with E-state index >= 15 is 0 Å². The van der Waals surface area contributed by atoms with Crippen molar-refractivity contribution in [3.63, 3.8) is 0 Å². The van der Waals surface area contributed by atoms with Crippen molar-refractivity contribution >= 4 is 23.4 Å². The van der Waals surface area contributed by atoms with Crippen molar-refractivity contribution in [2.45, 2.75) is 0 Å². The van der Waals surface area contributed by atoms with Crippen LogP contribution in [-0.2, 0) is 4.79 Å². The number of fused-ring (bicyclic) bond motifs is 1. The fourth-order valence-corrected chi connectivity index (χ4v) is 2.22. The van der Waals surface area contributed by atoms with Crippen LogP contribution in [0.15, 0.2) is 42.5 Å². The summed E-state index contributed by atoms with van der Waals surface area (Å²) in [6, 6.07) is 10.9. The third-order valence-electron chi connectivity index (χ3n) is 3.50. The zero-order valence-corrected chi connectivity index (χ0v) is 13.1. The Hall–Kier alpha value is -3.55. The van der Waals surface area contributed by atoms with Crippen molar-refractivity contribution in [2.24, 2.45) is 5.73 Å². The highest BCUT2D eigenvalue weighted by atomic mass is 16.7. The summed E-state index contributed by atoms with van der Waals surface area (Å²) in [4.78, 5) is 35.0. The number of anilines is 1. The number of benzene rings is 2. The summed E-state index contributed by atoms with van der Waals surface area (Å²) < 4.78 is 10.4. The van der Waals surface area contributed by atoms with Gasteiger partial charge < -0.3 is 25.8 Å². The molecule has 8 nitrogen and oxygen atoms in total. The molecule has 0 aliphatic carbocycles. The van der Waals surface area contributed by atoms with Gasteiger partial charge in [-0.1, -0.05) is 0 Å². The number of amides is 3. The molecule has 0 spiro atoms. The van der Waals surface area contributed by atoms with E-state index in [4.69, 9.17) is 15.2 Å². The molecular weight excluding hydrogens is 326 g/mol. The summed E-state index contributed by atoms with van der Waals surface area (Å²) in [7, 11) is 0. The number of carbonyl (C=O) groups excluding carboxylic acids is 3. The highest BCUT2D eigenvalue weighted by Gasteiger charge is 2.16. The van der Waals surface area contributed by atoms with E-state index in [1.807, 2.05) is 0 Å². The van der Waals surface area contributed by atoms with Gasteiger partial charge in [0.2, 0.25) is 18.6 Å². The molecule has 1 heterocycles. The maximum atomic E-state index is 12.1. The SMILES string of the molecule is NC(=O)c1ccc(NC(=O)CNC(=O)c2ccc3c(c2)OCO3)cc1. The van der Waals surface area contributed by atoms with E-state index in [9.17, 15) is 14.4 Å². The number of hydrogen-bond acceptors (Lipinski definition) is 5. The molecule has 0 saturated heterocycles. The van der Waals surface area contributed by atoms with E-state index in [0.29, 0.717) is 28.3 Å². The van der Waals surface area contributed by atoms with Gasteiger partial charge in [-0.2, -0.15) is 0 Å². The number of nitrogens with one attached hydrogen (secondary N) is 2. The molecule has 0 saturated carbocycles. The second-order valence-electron chi connectivity index (χ2n) is 5.24. The van der Waals surface area contributed by atoms with Crippen LogP contribution < -0.4 is 25.8 Å². The minimum atomic E-state index is -0.547. The van der Waals surface area contributed by atoms with Gasteiger partial charge in [-0.25, -0.2) is 0 Å². The summed E-state index contributed by atoms with van der Waals surface area (Å²) in [5.74, 6) is -0.285. The lowest BCUT2D eigenvalue weighted by molar-refractivity contribution is -0.115. The number of ether oxygens (including phenoxy) is 2. The van der Waals surface area contributed by atoms with Crippen molar-refractivity contribution in [3.8, 4) is 11.5 Å². The van der Waals surface area contributed by atoms with E-state index < -0.39 is 17.7 Å². The van der Waals surface area contributed by atoms with Crippen LogP contribution in [-0.4, -0.2) is 31.1 Å². The molecule has 0 bridgehead atoms. The summed E-state index contributed by atoms with van der Waals surface area (Å²) >= 11 is 0. The first kappa shape index (κ1) is 16.3. The van der Waals surface area contributed by atoms with Crippen LogP contribution in [0.25, 0.3) is 0 Å². The Morgan fingerprint density at radius 1 is 0.960 bits per heavy atom. The zero-order valence-electron chi connectivity index (χ0n) is 13.1. The van der Waals surface area contributed by atoms with Gasteiger partial charge in [-0.15, -0.1) is 0 Å². The van der Waals surface area contributed by atoms with Gasteiger partial charge in [-0.05, 0) is 42.5 Å². The molecule has 2 aromatic carbocycles. The molecule has 0 fully saturated rings. The lowest BCUT2D eigenvalue weighted by Crippen LogP contribution is -2.32. The van der Waals surface area contributed by atoms with Crippen LogP contribution in [0.1, 0.15) is 20.7 Å². The van der Waals surface area contributed by atoms with E-state index in [-0.39, 0.29) is 13.3 Å². The van der Waals surface area contributed by atoms with Crippen LogP contribution >= 0.6 is 0 Å². The predicted molar refractivity (Wildman–Crippen MR) is 88.5 cm³/mol. The molecule has 0 unspecified atom stereocenters. The molecule has 0 radical (unpaired) electrons. The highest BCUT2D eigenvalue weighted by Crippen LogP contribution is 2.32. The quantitative estimate of drug-likeness (QED) is 0.746. The Morgan fingerprint density at radius 3 is 2.36 bits per heavy atom. The maximum Gasteiger partial charge on any atom is 0.251 e. The number of rotatable bonds is 5. The normalized spacial score (nSPS) is 11.7. The number of carbonyl (C=O) groups is 3. The molecule has 3 amide bonds. The molecule has 128 valence electrons. The monoisotopic (exact) mass is 341 g/mol. The largest absolute Gasteiger partial charge is 0.454 e. The lowest BCUT2D eigenvalue weighted by atomic mass is 10.2. The van der Waals surface area contributed by atoms with Crippen LogP contribution in [0.5, 0.6) is 11.5 Å². The standard InChI is InChI=1S/C17H15N3O5/c18-16(22)10-1-4-12(5-2-10)20-15(21)8-19-17(23)11-3-6-13-14(7-11)25-9-24-13/h1-7H,8-9H2,(H2,18,22)(H,19,23)(H,20,21). The fraction of sp³-hybridized carbons (Fsp3) is 0.118. The predicted octanol–water partition coefficient (Wildman–Crippen LogP) is 0.883. The Bertz CT molecular complexity index is 833. The Morgan fingerprint density at radius 2 is 1.64 bits per heavy atom. The molecule has 3 rings (SSSR count). The van der Waals surface area contributed by atoms with Crippen LogP contribution in [0, 0.1) is 0 Å². The van der Waals surface area contributed by atoms with Crippen molar-refractivity contribution in [2.75, 3.05) is 18.7 Å². The first-order valence-corrected chi connectivity index (χ1v) is 7.40. The number of nitrogens with two attached hydrogens (primary N) is 1. The van der Waals surface area contributed by atoms with Crippen molar-refractivity contribution in [3.05, 3.63) is 53.6 Å². The van der Waals surface area contributed by atoms with Crippen LogP contribution in [0.2, 0.25) is 0 Å². The highest BCUT2D eigenvalue weighted by molar-refractivity contribution is 6.00. The second kappa shape index (κ2) is 6.91. The summed E-state index contributed by atoms with van der Waals surface area (Å²) in [5.41, 5.74) is 6.34. The fourth-order valence-electron chi connectivity index (χ4n) is 2.22. The lowest BCUT2D eigenvalue weighted by Gasteiger charge is -2.08. The first-order chi connectivity index (χ1) is 12.0. The van der Waals surface area contributed by atoms with Gasteiger partial charge in [0.1, 0.15) is 0 Å². The van der Waals surface area contributed by atoms with E-state index in [1.165, 1.54) is 12.1 Å². The molecule has 1 aliphatic rings. The zero-order chi connectivity index (χ0) is 17.8. The molecule has 4 N–H and O–H groups in total. The number of hydrogen-bond donors (Lipinski definition) is 3. The average Bonchev–Trinajstić information content (AvgIpc) is 3.07. The average molecular weight is 341 g/mol. The van der Waals surface area contributed by atoms with Gasteiger partial charge in [0.05, 0.1) is 6.54 Å².